The summed E-state index contributed by atoms with van der Waals surface area (Å²) in [6.45, 7) is 1.86. The van der Waals surface area contributed by atoms with Crippen molar-refractivity contribution in [3.63, 3.8) is 0 Å². The van der Waals surface area contributed by atoms with E-state index in [1.165, 1.54) is 31.2 Å². The lowest BCUT2D eigenvalue weighted by Gasteiger charge is -2.19. The lowest BCUT2D eigenvalue weighted by molar-refractivity contribution is -0.114. The van der Waals surface area contributed by atoms with Gasteiger partial charge in [-0.05, 0) is 42.5 Å². The van der Waals surface area contributed by atoms with Crippen molar-refractivity contribution in [3.8, 4) is 17.0 Å². The van der Waals surface area contributed by atoms with E-state index in [-0.39, 0.29) is 29.6 Å². The van der Waals surface area contributed by atoms with Crippen LogP contribution in [0.25, 0.3) is 11.3 Å². The molecule has 1 amide bonds. The van der Waals surface area contributed by atoms with Crippen LogP contribution in [0, 0.1) is 0 Å². The molecule has 37 heavy (non-hydrogen) atoms. The number of ether oxygens (including phenoxy) is 3. The Morgan fingerprint density at radius 1 is 1.00 bits per heavy atom. The molecular weight excluding hydrogens is 498 g/mol. The van der Waals surface area contributed by atoms with Crippen molar-refractivity contribution in [2.45, 2.75) is 36.1 Å². The van der Waals surface area contributed by atoms with Gasteiger partial charge in [0.2, 0.25) is 21.9 Å². The van der Waals surface area contributed by atoms with E-state index < -0.39 is 22.2 Å². The zero-order valence-electron chi connectivity index (χ0n) is 20.2. The topological polar surface area (TPSA) is 141 Å². The predicted molar refractivity (Wildman–Crippen MR) is 136 cm³/mol. The number of para-hydroxylation sites is 1. The standard InChI is InChI=1S/C25H27N5O6S/c1-15(31)27-16-7-9-17(10-8-16)37(32,33)30-21-14-36-23-20(13-35-24(21)23)29-25-26-12-11-19(28-25)18-5-3-4-6-22(18)34-2/h3-12,20-21,23-24,30H,13-14H2,1-2H3,(H,27,31)(H,26,28,29). The monoisotopic (exact) mass is 525 g/mol. The SMILES string of the molecule is COc1ccccc1-c1ccnc(NC2COC3C(NS(=O)(=O)c4ccc(NC(C)=O)cc4)COC23)n1. The number of carbonyl (C=O) groups excluding carboxylic acids is 1. The number of fused-ring (bicyclic) bond motifs is 1. The molecule has 2 saturated heterocycles. The number of carbonyl (C=O) groups is 1. The molecule has 3 aromatic rings. The Kier molecular flexibility index (Phi) is 7.07. The summed E-state index contributed by atoms with van der Waals surface area (Å²) >= 11 is 0. The maximum atomic E-state index is 13.0. The molecule has 12 heteroatoms. The largest absolute Gasteiger partial charge is 0.496 e. The first kappa shape index (κ1) is 25.1. The van der Waals surface area contributed by atoms with Gasteiger partial charge in [-0.1, -0.05) is 12.1 Å². The fourth-order valence-corrected chi connectivity index (χ4v) is 5.74. The molecule has 2 aromatic carbocycles. The van der Waals surface area contributed by atoms with E-state index >= 15 is 0 Å². The first-order chi connectivity index (χ1) is 17.8. The fourth-order valence-electron chi connectivity index (χ4n) is 4.51. The molecule has 2 aliphatic heterocycles. The van der Waals surface area contributed by atoms with Gasteiger partial charge in [-0.3, -0.25) is 4.79 Å². The molecule has 1 aromatic heterocycles. The second-order valence-corrected chi connectivity index (χ2v) is 10.5. The summed E-state index contributed by atoms with van der Waals surface area (Å²) in [5.74, 6) is 0.876. The number of nitrogens with one attached hydrogen (secondary N) is 3. The van der Waals surface area contributed by atoms with Crippen LogP contribution in [0.3, 0.4) is 0 Å². The van der Waals surface area contributed by atoms with Crippen molar-refractivity contribution in [1.82, 2.24) is 14.7 Å². The number of amides is 1. The molecule has 3 N–H and O–H groups in total. The minimum atomic E-state index is -3.83. The van der Waals surface area contributed by atoms with E-state index in [1.807, 2.05) is 24.3 Å². The maximum absolute atomic E-state index is 13.0. The molecule has 4 unspecified atom stereocenters. The van der Waals surface area contributed by atoms with E-state index in [2.05, 4.69) is 25.3 Å². The van der Waals surface area contributed by atoms with Gasteiger partial charge in [0.05, 0.1) is 43.0 Å². The number of hydrogen-bond donors (Lipinski definition) is 3. The maximum Gasteiger partial charge on any atom is 0.240 e. The lowest BCUT2D eigenvalue weighted by Crippen LogP contribution is -2.44. The summed E-state index contributed by atoms with van der Waals surface area (Å²) in [5.41, 5.74) is 2.06. The molecule has 4 atom stereocenters. The van der Waals surface area contributed by atoms with Crippen LogP contribution in [0.2, 0.25) is 0 Å². The van der Waals surface area contributed by atoms with E-state index in [1.54, 1.807) is 19.4 Å². The van der Waals surface area contributed by atoms with Crippen LogP contribution >= 0.6 is 0 Å². The number of rotatable bonds is 8. The van der Waals surface area contributed by atoms with Crippen LogP contribution in [0.1, 0.15) is 6.92 Å². The Bertz CT molecular complexity index is 1380. The van der Waals surface area contributed by atoms with Gasteiger partial charge in [0.1, 0.15) is 18.0 Å². The van der Waals surface area contributed by atoms with Gasteiger partial charge in [-0.25, -0.2) is 23.1 Å². The molecule has 0 aliphatic carbocycles. The summed E-state index contributed by atoms with van der Waals surface area (Å²) in [7, 11) is -2.22. The third kappa shape index (κ3) is 5.42. The Morgan fingerprint density at radius 3 is 2.43 bits per heavy atom. The minimum Gasteiger partial charge on any atom is -0.496 e. The van der Waals surface area contributed by atoms with Crippen molar-refractivity contribution >= 4 is 27.6 Å². The van der Waals surface area contributed by atoms with Crippen LogP contribution < -0.4 is 20.1 Å². The molecule has 0 spiro atoms. The third-order valence-corrected chi connectivity index (χ3v) is 7.70. The van der Waals surface area contributed by atoms with Gasteiger partial charge < -0.3 is 24.8 Å². The van der Waals surface area contributed by atoms with Crippen LogP contribution in [0.4, 0.5) is 11.6 Å². The molecule has 11 nitrogen and oxygen atoms in total. The second kappa shape index (κ2) is 10.4. The third-order valence-electron chi connectivity index (χ3n) is 6.20. The highest BCUT2D eigenvalue weighted by Gasteiger charge is 2.49. The van der Waals surface area contributed by atoms with Crippen LogP contribution in [-0.2, 0) is 24.3 Å². The van der Waals surface area contributed by atoms with Crippen molar-refractivity contribution in [1.29, 1.82) is 0 Å². The van der Waals surface area contributed by atoms with Crippen LogP contribution in [-0.4, -0.2) is 68.9 Å². The Balaban J connectivity index is 1.25. The average molecular weight is 526 g/mol. The van der Waals surface area contributed by atoms with E-state index in [4.69, 9.17) is 14.2 Å². The van der Waals surface area contributed by atoms with Crippen LogP contribution in [0.5, 0.6) is 5.75 Å². The van der Waals surface area contributed by atoms with Gasteiger partial charge in [0, 0.05) is 24.4 Å². The molecular formula is C25H27N5O6S. The molecule has 3 heterocycles. The molecule has 5 rings (SSSR count). The summed E-state index contributed by atoms with van der Waals surface area (Å²) in [6.07, 6.45) is 0.810. The van der Waals surface area contributed by atoms with E-state index in [9.17, 15) is 13.2 Å². The Labute approximate surface area is 214 Å². The van der Waals surface area contributed by atoms with Crippen molar-refractivity contribution in [3.05, 3.63) is 60.8 Å². The molecule has 0 bridgehead atoms. The quantitative estimate of drug-likeness (QED) is 0.403. The normalized spacial score (nSPS) is 22.9. The van der Waals surface area contributed by atoms with Gasteiger partial charge in [-0.2, -0.15) is 0 Å². The van der Waals surface area contributed by atoms with Gasteiger partial charge in [0.15, 0.2) is 0 Å². The van der Waals surface area contributed by atoms with Gasteiger partial charge in [-0.15, -0.1) is 0 Å². The predicted octanol–water partition coefficient (Wildman–Crippen LogP) is 2.04. The Hall–Kier alpha value is -3.58. The second-order valence-electron chi connectivity index (χ2n) is 8.75. The lowest BCUT2D eigenvalue weighted by atomic mass is 10.1. The summed E-state index contributed by atoms with van der Waals surface area (Å²) < 4.78 is 45.9. The number of nitrogens with zero attached hydrogens (tertiary/aromatic N) is 2. The molecule has 0 radical (unpaired) electrons. The first-order valence-electron chi connectivity index (χ1n) is 11.7. The van der Waals surface area contributed by atoms with E-state index in [0.29, 0.717) is 29.7 Å². The summed E-state index contributed by atoms with van der Waals surface area (Å²) in [5, 5.41) is 5.88. The number of anilines is 2. The zero-order valence-corrected chi connectivity index (χ0v) is 21.1. The number of sulfonamides is 1. The summed E-state index contributed by atoms with van der Waals surface area (Å²) in [6, 6.07) is 14.5. The number of benzene rings is 2. The van der Waals surface area contributed by atoms with Crippen molar-refractivity contribution in [2.75, 3.05) is 31.0 Å². The molecule has 2 aliphatic rings. The number of methoxy groups -OCH3 is 1. The fraction of sp³-hybridized carbons (Fsp3) is 0.320. The summed E-state index contributed by atoms with van der Waals surface area (Å²) in [4.78, 5) is 20.2. The molecule has 194 valence electrons. The highest BCUT2D eigenvalue weighted by Crippen LogP contribution is 2.31. The van der Waals surface area contributed by atoms with Gasteiger partial charge in [0.25, 0.3) is 0 Å². The van der Waals surface area contributed by atoms with Crippen LogP contribution in [0.15, 0.2) is 65.7 Å². The minimum absolute atomic E-state index is 0.0827. The Morgan fingerprint density at radius 2 is 1.70 bits per heavy atom. The highest BCUT2D eigenvalue weighted by atomic mass is 32.2. The number of hydrogen-bond acceptors (Lipinski definition) is 9. The average Bonchev–Trinajstić information content (AvgIpc) is 3.47. The number of aromatic nitrogens is 2. The van der Waals surface area contributed by atoms with Crippen molar-refractivity contribution in [2.24, 2.45) is 0 Å². The van der Waals surface area contributed by atoms with E-state index in [0.717, 1.165) is 5.56 Å². The highest BCUT2D eigenvalue weighted by molar-refractivity contribution is 7.89. The molecule has 0 saturated carbocycles. The van der Waals surface area contributed by atoms with Crippen molar-refractivity contribution < 1.29 is 27.4 Å². The van der Waals surface area contributed by atoms with Gasteiger partial charge >= 0.3 is 0 Å². The first-order valence-corrected chi connectivity index (χ1v) is 13.2. The smallest absolute Gasteiger partial charge is 0.240 e. The molecule has 2 fully saturated rings. The zero-order chi connectivity index (χ0) is 26.0.